The Morgan fingerprint density at radius 3 is 3.08 bits per heavy atom. The van der Waals surface area contributed by atoms with Crippen molar-refractivity contribution in [1.29, 1.82) is 0 Å². The Labute approximate surface area is 70.2 Å². The van der Waals surface area contributed by atoms with Crippen LogP contribution in [0.3, 0.4) is 0 Å². The maximum absolute atomic E-state index is 10.6. The lowest BCUT2D eigenvalue weighted by Crippen LogP contribution is -2.49. The van der Waals surface area contributed by atoms with Crippen LogP contribution in [-0.2, 0) is 0 Å². The second-order valence-corrected chi connectivity index (χ2v) is 2.30. The lowest BCUT2D eigenvalue weighted by atomic mass is 10.1. The van der Waals surface area contributed by atoms with Crippen molar-refractivity contribution >= 4 is 12.2 Å². The molecule has 0 fully saturated rings. The van der Waals surface area contributed by atoms with E-state index in [1.165, 1.54) is 6.21 Å². The van der Waals surface area contributed by atoms with Crippen LogP contribution < -0.4 is 16.8 Å². The standard InChI is InChI=1S/C7H10N4O/c8-3-1-2-5-4-10-7(12)11-6(5)9/h4-6H,3,8-9H2,(H,11,12). The summed E-state index contributed by atoms with van der Waals surface area (Å²) in [6.45, 7) is 0.283. The number of hydrogen-bond donors (Lipinski definition) is 3. The van der Waals surface area contributed by atoms with Gasteiger partial charge in [-0.3, -0.25) is 0 Å². The maximum Gasteiger partial charge on any atom is 0.341 e. The first-order valence-corrected chi connectivity index (χ1v) is 3.53. The molecular weight excluding hydrogens is 156 g/mol. The Kier molecular flexibility index (Phi) is 2.80. The predicted molar refractivity (Wildman–Crippen MR) is 45.3 cm³/mol. The minimum absolute atomic E-state index is 0.230. The maximum atomic E-state index is 10.6. The molecule has 5 heteroatoms. The third-order valence-electron chi connectivity index (χ3n) is 1.40. The van der Waals surface area contributed by atoms with E-state index in [2.05, 4.69) is 22.2 Å². The number of aliphatic imine (C=N–C) groups is 1. The number of carbonyl (C=O) groups is 1. The number of nitrogens with one attached hydrogen (secondary N) is 1. The lowest BCUT2D eigenvalue weighted by Gasteiger charge is -2.19. The Morgan fingerprint density at radius 1 is 1.75 bits per heavy atom. The molecule has 1 aliphatic heterocycles. The van der Waals surface area contributed by atoms with E-state index in [0.717, 1.165) is 0 Å². The van der Waals surface area contributed by atoms with Gasteiger partial charge in [-0.1, -0.05) is 11.8 Å². The summed E-state index contributed by atoms with van der Waals surface area (Å²) >= 11 is 0. The molecule has 1 heterocycles. The van der Waals surface area contributed by atoms with Gasteiger partial charge in [0.1, 0.15) is 0 Å². The topological polar surface area (TPSA) is 93.5 Å². The first-order valence-electron chi connectivity index (χ1n) is 3.53. The van der Waals surface area contributed by atoms with Crippen LogP contribution in [0.2, 0.25) is 0 Å². The highest BCUT2D eigenvalue weighted by molar-refractivity contribution is 5.88. The van der Waals surface area contributed by atoms with Crippen molar-refractivity contribution in [1.82, 2.24) is 5.32 Å². The monoisotopic (exact) mass is 166 g/mol. The molecule has 12 heavy (non-hydrogen) atoms. The fourth-order valence-electron chi connectivity index (χ4n) is 0.814. The van der Waals surface area contributed by atoms with Gasteiger partial charge in [-0.25, -0.2) is 9.79 Å². The largest absolute Gasteiger partial charge is 0.341 e. The fourth-order valence-corrected chi connectivity index (χ4v) is 0.814. The minimum atomic E-state index is -0.478. The fraction of sp³-hybridized carbons (Fsp3) is 0.429. The molecule has 5 N–H and O–H groups in total. The van der Waals surface area contributed by atoms with Gasteiger partial charge in [0, 0.05) is 6.21 Å². The molecule has 0 bridgehead atoms. The van der Waals surface area contributed by atoms with Gasteiger partial charge in [0.2, 0.25) is 0 Å². The Morgan fingerprint density at radius 2 is 2.50 bits per heavy atom. The number of carbonyl (C=O) groups excluding carboxylic acids is 1. The molecule has 0 spiro atoms. The van der Waals surface area contributed by atoms with Crippen molar-refractivity contribution in [2.45, 2.75) is 6.17 Å². The Balaban J connectivity index is 2.66. The van der Waals surface area contributed by atoms with E-state index in [1.54, 1.807) is 0 Å². The molecule has 0 aliphatic carbocycles. The number of nitrogens with two attached hydrogens (primary N) is 2. The molecule has 64 valence electrons. The van der Waals surface area contributed by atoms with Gasteiger partial charge in [0.15, 0.2) is 0 Å². The van der Waals surface area contributed by atoms with Crippen molar-refractivity contribution < 1.29 is 4.79 Å². The van der Waals surface area contributed by atoms with Crippen LogP contribution in [-0.4, -0.2) is 25.0 Å². The van der Waals surface area contributed by atoms with Crippen molar-refractivity contribution in [3.63, 3.8) is 0 Å². The van der Waals surface area contributed by atoms with Gasteiger partial charge in [-0.05, 0) is 0 Å². The SMILES string of the molecule is NCC#CC1C=NC(=O)NC1N. The third-order valence-corrected chi connectivity index (χ3v) is 1.40. The molecule has 2 amide bonds. The molecule has 2 atom stereocenters. The van der Waals surface area contributed by atoms with Gasteiger partial charge in [-0.2, -0.15) is 0 Å². The quantitative estimate of drug-likeness (QED) is 0.388. The number of rotatable bonds is 0. The molecule has 0 radical (unpaired) electrons. The van der Waals surface area contributed by atoms with Crippen LogP contribution in [0.15, 0.2) is 4.99 Å². The van der Waals surface area contributed by atoms with Gasteiger partial charge in [0.25, 0.3) is 0 Å². The summed E-state index contributed by atoms with van der Waals surface area (Å²) in [6.07, 6.45) is 0.959. The Hall–Kier alpha value is -1.38. The van der Waals surface area contributed by atoms with Crippen molar-refractivity contribution in [2.24, 2.45) is 22.4 Å². The van der Waals surface area contributed by atoms with Gasteiger partial charge < -0.3 is 16.8 Å². The van der Waals surface area contributed by atoms with E-state index in [1.807, 2.05) is 0 Å². The average Bonchev–Trinajstić information content (AvgIpc) is 2.03. The van der Waals surface area contributed by atoms with Crippen LogP contribution in [0.5, 0.6) is 0 Å². The molecule has 0 aromatic heterocycles. The molecule has 0 saturated heterocycles. The highest BCUT2D eigenvalue weighted by atomic mass is 16.2. The summed E-state index contributed by atoms with van der Waals surface area (Å²) in [5, 5.41) is 2.44. The molecule has 0 aromatic carbocycles. The second-order valence-electron chi connectivity index (χ2n) is 2.30. The van der Waals surface area contributed by atoms with Crippen molar-refractivity contribution in [3.05, 3.63) is 0 Å². The summed E-state index contributed by atoms with van der Waals surface area (Å²) < 4.78 is 0. The second kappa shape index (κ2) is 3.85. The first-order chi connectivity index (χ1) is 5.74. The molecule has 1 rings (SSSR count). The smallest absolute Gasteiger partial charge is 0.320 e. The summed E-state index contributed by atoms with van der Waals surface area (Å²) in [4.78, 5) is 14.1. The highest BCUT2D eigenvalue weighted by Crippen LogP contribution is 1.99. The van der Waals surface area contributed by atoms with Gasteiger partial charge >= 0.3 is 6.03 Å². The first kappa shape index (κ1) is 8.71. The van der Waals surface area contributed by atoms with Crippen LogP contribution in [0.4, 0.5) is 4.79 Å². The van der Waals surface area contributed by atoms with E-state index >= 15 is 0 Å². The van der Waals surface area contributed by atoms with E-state index in [9.17, 15) is 4.79 Å². The zero-order valence-corrected chi connectivity index (χ0v) is 6.45. The summed E-state index contributed by atoms with van der Waals surface area (Å²) in [7, 11) is 0. The van der Waals surface area contributed by atoms with Crippen molar-refractivity contribution in [2.75, 3.05) is 6.54 Å². The zero-order valence-electron chi connectivity index (χ0n) is 6.45. The normalized spacial score (nSPS) is 27.3. The van der Waals surface area contributed by atoms with E-state index in [-0.39, 0.29) is 12.5 Å². The highest BCUT2D eigenvalue weighted by Gasteiger charge is 2.19. The van der Waals surface area contributed by atoms with E-state index in [4.69, 9.17) is 11.5 Å². The van der Waals surface area contributed by atoms with E-state index < -0.39 is 12.2 Å². The number of nitrogens with zero attached hydrogens (tertiary/aromatic N) is 1. The van der Waals surface area contributed by atoms with Crippen LogP contribution in [0.1, 0.15) is 0 Å². The Bertz CT molecular complexity index is 262. The predicted octanol–water partition coefficient (Wildman–Crippen LogP) is -1.36. The van der Waals surface area contributed by atoms with Crippen LogP contribution >= 0.6 is 0 Å². The van der Waals surface area contributed by atoms with Crippen molar-refractivity contribution in [3.8, 4) is 11.8 Å². The minimum Gasteiger partial charge on any atom is -0.320 e. The molecule has 0 aromatic rings. The lowest BCUT2D eigenvalue weighted by molar-refractivity contribution is 0.243. The number of urea groups is 1. The summed E-state index contributed by atoms with van der Waals surface area (Å²) in [5.74, 6) is 5.22. The molecular formula is C7H10N4O. The van der Waals surface area contributed by atoms with Gasteiger partial charge in [-0.15, -0.1) is 0 Å². The summed E-state index contributed by atoms with van der Waals surface area (Å²) in [5.41, 5.74) is 10.7. The third kappa shape index (κ3) is 2.05. The van der Waals surface area contributed by atoms with E-state index in [0.29, 0.717) is 0 Å². The number of amides is 2. The van der Waals surface area contributed by atoms with Gasteiger partial charge in [0.05, 0.1) is 18.6 Å². The zero-order chi connectivity index (χ0) is 8.97. The molecule has 1 aliphatic rings. The van der Waals surface area contributed by atoms with Crippen LogP contribution in [0.25, 0.3) is 0 Å². The number of hydrogen-bond acceptors (Lipinski definition) is 3. The molecule has 5 nitrogen and oxygen atoms in total. The molecule has 0 saturated carbocycles. The average molecular weight is 166 g/mol. The van der Waals surface area contributed by atoms with Crippen LogP contribution in [0, 0.1) is 17.8 Å². The summed E-state index contributed by atoms with van der Waals surface area (Å²) in [6, 6.07) is -0.423. The molecule has 2 unspecified atom stereocenters.